The molecule has 2 aliphatic rings. The maximum absolute atomic E-state index is 13.0. The number of morpholine rings is 1. The standard InChI is InChI=1S/C19H26F3N3O3/c1-23-18(25-9-12-28-17(13-25)16-7-4-10-26-16)24-8-11-27-15-6-3-2-5-14(15)19(20,21)22/h2-3,5-6,16-17H,4,7-13H2,1H3,(H,23,24). The van der Waals surface area contributed by atoms with Crippen LogP contribution >= 0.6 is 0 Å². The lowest BCUT2D eigenvalue weighted by molar-refractivity contribution is -0.138. The molecule has 0 bridgehead atoms. The zero-order valence-corrected chi connectivity index (χ0v) is 15.9. The van der Waals surface area contributed by atoms with Crippen molar-refractivity contribution in [3.8, 4) is 5.75 Å². The summed E-state index contributed by atoms with van der Waals surface area (Å²) in [4.78, 5) is 6.36. The molecule has 28 heavy (non-hydrogen) atoms. The summed E-state index contributed by atoms with van der Waals surface area (Å²) in [5, 5.41) is 3.15. The third-order valence-electron chi connectivity index (χ3n) is 4.82. The summed E-state index contributed by atoms with van der Waals surface area (Å²) in [6.07, 6.45) is -2.27. The number of nitrogens with one attached hydrogen (secondary N) is 1. The lowest BCUT2D eigenvalue weighted by Gasteiger charge is -2.37. The lowest BCUT2D eigenvalue weighted by atomic mass is 10.1. The van der Waals surface area contributed by atoms with Crippen molar-refractivity contribution in [3.63, 3.8) is 0 Å². The third kappa shape index (κ3) is 5.29. The number of ether oxygens (including phenoxy) is 3. The smallest absolute Gasteiger partial charge is 0.419 e. The van der Waals surface area contributed by atoms with Crippen molar-refractivity contribution >= 4 is 5.96 Å². The van der Waals surface area contributed by atoms with E-state index >= 15 is 0 Å². The van der Waals surface area contributed by atoms with Crippen LogP contribution in [-0.2, 0) is 15.7 Å². The number of halogens is 3. The first kappa shape index (κ1) is 20.7. The minimum Gasteiger partial charge on any atom is -0.491 e. The molecule has 2 atom stereocenters. The number of hydrogen-bond acceptors (Lipinski definition) is 4. The lowest BCUT2D eigenvalue weighted by Crippen LogP contribution is -2.53. The van der Waals surface area contributed by atoms with Crippen molar-refractivity contribution in [1.82, 2.24) is 10.2 Å². The molecule has 2 heterocycles. The summed E-state index contributed by atoms with van der Waals surface area (Å²) in [6, 6.07) is 5.21. The Morgan fingerprint density at radius 1 is 1.25 bits per heavy atom. The summed E-state index contributed by atoms with van der Waals surface area (Å²) in [7, 11) is 1.68. The van der Waals surface area contributed by atoms with Gasteiger partial charge in [-0.15, -0.1) is 0 Å². The van der Waals surface area contributed by atoms with Crippen LogP contribution in [-0.4, -0.2) is 69.6 Å². The molecule has 2 saturated heterocycles. The largest absolute Gasteiger partial charge is 0.491 e. The molecule has 1 aromatic carbocycles. The van der Waals surface area contributed by atoms with Gasteiger partial charge in [-0.2, -0.15) is 13.2 Å². The highest BCUT2D eigenvalue weighted by atomic mass is 19.4. The van der Waals surface area contributed by atoms with E-state index in [1.54, 1.807) is 7.05 Å². The maximum Gasteiger partial charge on any atom is 0.419 e. The van der Waals surface area contributed by atoms with Crippen molar-refractivity contribution in [1.29, 1.82) is 0 Å². The van der Waals surface area contributed by atoms with Gasteiger partial charge >= 0.3 is 6.18 Å². The van der Waals surface area contributed by atoms with Gasteiger partial charge in [-0.1, -0.05) is 12.1 Å². The molecule has 0 aromatic heterocycles. The Balaban J connectivity index is 1.48. The summed E-state index contributed by atoms with van der Waals surface area (Å²) in [5.41, 5.74) is -0.771. The van der Waals surface area contributed by atoms with Gasteiger partial charge in [0.1, 0.15) is 18.5 Å². The summed E-state index contributed by atoms with van der Waals surface area (Å²) < 4.78 is 55.9. The first-order valence-electron chi connectivity index (χ1n) is 9.47. The third-order valence-corrected chi connectivity index (χ3v) is 4.82. The van der Waals surface area contributed by atoms with Gasteiger partial charge in [0.15, 0.2) is 5.96 Å². The van der Waals surface area contributed by atoms with Crippen LogP contribution in [0.2, 0.25) is 0 Å². The summed E-state index contributed by atoms with van der Waals surface area (Å²) in [6.45, 7) is 3.14. The molecule has 2 unspecified atom stereocenters. The van der Waals surface area contributed by atoms with Gasteiger partial charge in [0.05, 0.1) is 24.8 Å². The Bertz CT molecular complexity index is 663. The predicted octanol–water partition coefficient (Wildman–Crippen LogP) is 2.54. The highest BCUT2D eigenvalue weighted by Crippen LogP contribution is 2.35. The average molecular weight is 401 g/mol. The Kier molecular flexibility index (Phi) is 7.01. The second kappa shape index (κ2) is 9.47. The molecule has 2 fully saturated rings. The molecule has 1 N–H and O–H groups in total. The van der Waals surface area contributed by atoms with Gasteiger partial charge in [-0.3, -0.25) is 4.99 Å². The van der Waals surface area contributed by atoms with Crippen LogP contribution in [0.1, 0.15) is 18.4 Å². The first-order valence-corrected chi connectivity index (χ1v) is 9.47. The zero-order chi connectivity index (χ0) is 20.0. The molecular formula is C19H26F3N3O3. The minimum absolute atomic E-state index is 0.00436. The molecule has 0 aliphatic carbocycles. The highest BCUT2D eigenvalue weighted by Gasteiger charge is 2.34. The van der Waals surface area contributed by atoms with Crippen molar-refractivity contribution in [3.05, 3.63) is 29.8 Å². The Morgan fingerprint density at radius 2 is 2.04 bits per heavy atom. The second-order valence-corrected chi connectivity index (χ2v) is 6.72. The van der Waals surface area contributed by atoms with Crippen molar-refractivity contribution in [2.45, 2.75) is 31.2 Å². The molecule has 1 aromatic rings. The van der Waals surface area contributed by atoms with Crippen LogP contribution in [0.3, 0.4) is 0 Å². The number of alkyl halides is 3. The van der Waals surface area contributed by atoms with Gasteiger partial charge in [-0.05, 0) is 25.0 Å². The van der Waals surface area contributed by atoms with E-state index in [0.717, 1.165) is 25.5 Å². The van der Waals surface area contributed by atoms with Crippen LogP contribution in [0.15, 0.2) is 29.3 Å². The second-order valence-electron chi connectivity index (χ2n) is 6.72. The monoisotopic (exact) mass is 401 g/mol. The molecule has 9 heteroatoms. The van der Waals surface area contributed by atoms with Crippen molar-refractivity contribution in [2.24, 2.45) is 4.99 Å². The summed E-state index contributed by atoms with van der Waals surface area (Å²) in [5.74, 6) is 0.510. The molecular weight excluding hydrogens is 375 g/mol. The number of benzene rings is 1. The molecule has 2 aliphatic heterocycles. The van der Waals surface area contributed by atoms with E-state index in [0.29, 0.717) is 32.2 Å². The first-order chi connectivity index (χ1) is 13.5. The van der Waals surface area contributed by atoms with Gasteiger partial charge in [-0.25, -0.2) is 0 Å². The van der Waals surface area contributed by atoms with E-state index in [1.165, 1.54) is 18.2 Å². The van der Waals surface area contributed by atoms with E-state index < -0.39 is 11.7 Å². The quantitative estimate of drug-likeness (QED) is 0.467. The number of para-hydroxylation sites is 1. The molecule has 0 saturated carbocycles. The van der Waals surface area contributed by atoms with Crippen molar-refractivity contribution in [2.75, 3.05) is 46.5 Å². The fourth-order valence-electron chi connectivity index (χ4n) is 3.47. The molecule has 3 rings (SSSR count). The van der Waals surface area contributed by atoms with Gasteiger partial charge in [0.2, 0.25) is 0 Å². The molecule has 0 spiro atoms. The van der Waals surface area contributed by atoms with Gasteiger partial charge in [0, 0.05) is 26.7 Å². The van der Waals surface area contributed by atoms with Crippen LogP contribution in [0.5, 0.6) is 5.75 Å². The molecule has 156 valence electrons. The fraction of sp³-hybridized carbons (Fsp3) is 0.632. The average Bonchev–Trinajstić information content (AvgIpc) is 3.23. The number of hydrogen-bond donors (Lipinski definition) is 1. The van der Waals surface area contributed by atoms with E-state index in [4.69, 9.17) is 14.2 Å². The number of rotatable bonds is 5. The normalized spacial score (nSPS) is 23.7. The van der Waals surface area contributed by atoms with E-state index in [1.807, 2.05) is 0 Å². The van der Waals surface area contributed by atoms with Gasteiger partial charge in [0.25, 0.3) is 0 Å². The molecule has 0 amide bonds. The number of nitrogens with zero attached hydrogens (tertiary/aromatic N) is 2. The Labute approximate surface area is 162 Å². The SMILES string of the molecule is CN=C(NCCOc1ccccc1C(F)(F)F)N1CCOC(C2CCCO2)C1. The van der Waals surface area contributed by atoms with Gasteiger partial charge < -0.3 is 24.4 Å². The van der Waals surface area contributed by atoms with Crippen LogP contribution in [0, 0.1) is 0 Å². The van der Waals surface area contributed by atoms with Crippen LogP contribution in [0.4, 0.5) is 13.2 Å². The minimum atomic E-state index is -4.44. The molecule has 0 radical (unpaired) electrons. The topological polar surface area (TPSA) is 55.3 Å². The fourth-order valence-corrected chi connectivity index (χ4v) is 3.47. The van der Waals surface area contributed by atoms with E-state index in [9.17, 15) is 13.2 Å². The number of guanidine groups is 1. The zero-order valence-electron chi connectivity index (χ0n) is 15.9. The Morgan fingerprint density at radius 3 is 2.75 bits per heavy atom. The Hall–Kier alpha value is -2.00. The number of aliphatic imine (C=N–C) groups is 1. The van der Waals surface area contributed by atoms with Crippen LogP contribution in [0.25, 0.3) is 0 Å². The maximum atomic E-state index is 13.0. The summed E-state index contributed by atoms with van der Waals surface area (Å²) >= 11 is 0. The highest BCUT2D eigenvalue weighted by molar-refractivity contribution is 5.80. The van der Waals surface area contributed by atoms with Crippen molar-refractivity contribution < 1.29 is 27.4 Å². The van der Waals surface area contributed by atoms with E-state index in [2.05, 4.69) is 15.2 Å². The predicted molar refractivity (Wildman–Crippen MR) is 98.6 cm³/mol. The van der Waals surface area contributed by atoms with E-state index in [-0.39, 0.29) is 24.6 Å². The van der Waals surface area contributed by atoms with Crippen LogP contribution < -0.4 is 10.1 Å². The molecule has 6 nitrogen and oxygen atoms in total.